The summed E-state index contributed by atoms with van der Waals surface area (Å²) in [5.74, 6) is 0. The number of fused-ring (bicyclic) bond motifs is 18. The quantitative estimate of drug-likeness (QED) is 0.150. The van der Waals surface area contributed by atoms with Crippen molar-refractivity contribution < 1.29 is 0 Å². The first-order valence-electron chi connectivity index (χ1n) is 21.2. The summed E-state index contributed by atoms with van der Waals surface area (Å²) >= 11 is 3.83. The molecule has 2 nitrogen and oxygen atoms in total. The van der Waals surface area contributed by atoms with Crippen molar-refractivity contribution in [2.24, 2.45) is 0 Å². The van der Waals surface area contributed by atoms with Crippen LogP contribution in [0.15, 0.2) is 146 Å². The topological polar surface area (TPSA) is 8.17 Å². The molecule has 0 amide bonds. The van der Waals surface area contributed by atoms with Crippen molar-refractivity contribution >= 4 is 114 Å². The minimum Gasteiger partial charge on any atom is -0.376 e. The number of thiophene rings is 2. The fourth-order valence-electron chi connectivity index (χ4n) is 11.5. The van der Waals surface area contributed by atoms with Crippen LogP contribution in [0.25, 0.3) is 90.1 Å². The van der Waals surface area contributed by atoms with Crippen LogP contribution in [0.2, 0.25) is 0 Å². The van der Waals surface area contributed by atoms with Crippen molar-refractivity contribution in [3.8, 4) is 27.9 Å². The van der Waals surface area contributed by atoms with E-state index in [-0.39, 0.29) is 17.7 Å². The van der Waals surface area contributed by atoms with E-state index in [0.29, 0.717) is 0 Å². The maximum atomic E-state index is 2.71. The van der Waals surface area contributed by atoms with Gasteiger partial charge in [0.15, 0.2) is 0 Å². The zero-order chi connectivity index (χ0) is 40.0. The molecule has 14 rings (SSSR count). The van der Waals surface area contributed by atoms with Crippen molar-refractivity contribution in [2.45, 2.75) is 45.4 Å². The summed E-state index contributed by atoms with van der Waals surface area (Å²) in [6, 6.07) is 56.5. The molecular weight excluding hydrogens is 764 g/mol. The van der Waals surface area contributed by atoms with Gasteiger partial charge in [0, 0.05) is 79.2 Å². The molecule has 60 heavy (non-hydrogen) atoms. The van der Waals surface area contributed by atoms with Gasteiger partial charge in [-0.2, -0.15) is 0 Å². The normalized spacial score (nSPS) is 14.8. The molecule has 0 atom stereocenters. The Bertz CT molecular complexity index is 3740. The second kappa shape index (κ2) is 11.2. The monoisotopic (exact) mass is 802 g/mol. The highest BCUT2D eigenvalue weighted by Crippen LogP contribution is 2.55. The lowest BCUT2D eigenvalue weighted by Gasteiger charge is -2.42. The van der Waals surface area contributed by atoms with Crippen LogP contribution in [-0.2, 0) is 10.8 Å². The van der Waals surface area contributed by atoms with Crippen LogP contribution < -0.4 is 15.7 Å². The van der Waals surface area contributed by atoms with Gasteiger partial charge in [0.2, 0.25) is 0 Å². The molecule has 3 aromatic heterocycles. The SMILES string of the molecule is CC(C)(C)c1ccc(N2B3c4cc5sc6ccccc6c5cc4-n4c5ccc6c(c5c5ccc(c3c54)-c3cc4sc5ccccc5c4cc32)-c2ccccc2C6(C)C)cc1. The molecule has 0 bridgehead atoms. The van der Waals surface area contributed by atoms with Crippen LogP contribution in [0.4, 0.5) is 11.4 Å². The molecule has 0 saturated heterocycles. The van der Waals surface area contributed by atoms with E-state index in [1.165, 1.54) is 129 Å². The van der Waals surface area contributed by atoms with Gasteiger partial charge in [0.1, 0.15) is 0 Å². The van der Waals surface area contributed by atoms with Crippen LogP contribution in [0.5, 0.6) is 0 Å². The Morgan fingerprint density at radius 1 is 0.533 bits per heavy atom. The molecule has 8 aromatic carbocycles. The van der Waals surface area contributed by atoms with Crippen molar-refractivity contribution in [3.05, 3.63) is 162 Å². The van der Waals surface area contributed by atoms with E-state index in [9.17, 15) is 0 Å². The third-order valence-electron chi connectivity index (χ3n) is 14.3. The molecule has 0 unspecified atom stereocenters. The Kier molecular flexibility index (Phi) is 6.26. The molecule has 5 heterocycles. The van der Waals surface area contributed by atoms with Gasteiger partial charge in [-0.1, -0.05) is 126 Å². The predicted octanol–water partition coefficient (Wildman–Crippen LogP) is 14.4. The van der Waals surface area contributed by atoms with E-state index in [1.54, 1.807) is 0 Å². The molecular formula is C55H39BN2S2. The fraction of sp³-hybridized carbons (Fsp3) is 0.127. The zero-order valence-electron chi connectivity index (χ0n) is 34.1. The lowest BCUT2D eigenvalue weighted by molar-refractivity contribution is 0.590. The summed E-state index contributed by atoms with van der Waals surface area (Å²) in [6.45, 7) is 11.7. The fourth-order valence-corrected chi connectivity index (χ4v) is 13.8. The van der Waals surface area contributed by atoms with Gasteiger partial charge in [-0.3, -0.25) is 0 Å². The standard InChI is InChI=1S/C55H39BN2S2/c1-54(2,3)30-18-20-31(21-19-30)58-44-26-38-32-12-7-10-16-46(32)59-48(38)28-37(44)34-22-23-36-51-43(25-24-41-50(51)35-14-6-9-15-40(35)55(41,4)5)57-45-27-39-33-13-8-11-17-47(33)60-49(39)29-42(45)56(58)52(34)53(36)57/h6-29H,1-5H3. The van der Waals surface area contributed by atoms with Crippen LogP contribution in [0.3, 0.4) is 0 Å². The van der Waals surface area contributed by atoms with E-state index in [1.807, 2.05) is 22.7 Å². The molecule has 284 valence electrons. The summed E-state index contributed by atoms with van der Waals surface area (Å²) in [4.78, 5) is 2.71. The molecule has 3 aliphatic rings. The lowest BCUT2D eigenvalue weighted by Crippen LogP contribution is -2.60. The highest BCUT2D eigenvalue weighted by molar-refractivity contribution is 7.26. The molecule has 0 fully saturated rings. The van der Waals surface area contributed by atoms with Gasteiger partial charge in [0.05, 0.1) is 11.0 Å². The van der Waals surface area contributed by atoms with Crippen LogP contribution in [0, 0.1) is 0 Å². The lowest BCUT2D eigenvalue weighted by atomic mass is 9.44. The van der Waals surface area contributed by atoms with Gasteiger partial charge in [-0.25, -0.2) is 0 Å². The van der Waals surface area contributed by atoms with Crippen molar-refractivity contribution in [1.29, 1.82) is 0 Å². The second-order valence-corrected chi connectivity index (χ2v) is 21.0. The number of benzene rings is 8. The molecule has 0 saturated carbocycles. The Morgan fingerprint density at radius 3 is 1.93 bits per heavy atom. The maximum Gasteiger partial charge on any atom is 0.333 e. The van der Waals surface area contributed by atoms with E-state index < -0.39 is 0 Å². The summed E-state index contributed by atoms with van der Waals surface area (Å²) in [5.41, 5.74) is 18.7. The minimum absolute atomic E-state index is 0.0442. The average Bonchev–Trinajstić information content (AvgIpc) is 3.98. The van der Waals surface area contributed by atoms with Crippen LogP contribution in [-0.4, -0.2) is 11.4 Å². The Balaban J connectivity index is 1.18. The first kappa shape index (κ1) is 33.7. The Morgan fingerprint density at radius 2 is 1.20 bits per heavy atom. The van der Waals surface area contributed by atoms with Gasteiger partial charge in [0.25, 0.3) is 0 Å². The molecule has 1 aliphatic carbocycles. The minimum atomic E-state index is -0.0876. The highest BCUT2D eigenvalue weighted by Gasteiger charge is 2.46. The first-order valence-corrected chi connectivity index (χ1v) is 22.8. The van der Waals surface area contributed by atoms with Gasteiger partial charge >= 0.3 is 6.85 Å². The van der Waals surface area contributed by atoms with Gasteiger partial charge in [-0.15, -0.1) is 22.7 Å². The number of hydrogen-bond acceptors (Lipinski definition) is 3. The molecule has 0 spiro atoms. The number of hydrogen-bond donors (Lipinski definition) is 0. The molecule has 0 N–H and O–H groups in total. The molecule has 2 aliphatic heterocycles. The third kappa shape index (κ3) is 4.10. The predicted molar refractivity (Wildman–Crippen MR) is 262 cm³/mol. The second-order valence-electron chi connectivity index (χ2n) is 18.8. The highest BCUT2D eigenvalue weighted by atomic mass is 32.1. The van der Waals surface area contributed by atoms with E-state index in [0.717, 1.165) is 0 Å². The number of rotatable bonds is 1. The summed E-state index contributed by atoms with van der Waals surface area (Å²) < 4.78 is 8.02. The molecule has 0 radical (unpaired) electrons. The first-order chi connectivity index (χ1) is 29.1. The van der Waals surface area contributed by atoms with Gasteiger partial charge in [-0.05, 0) is 104 Å². The average molecular weight is 803 g/mol. The third-order valence-corrected chi connectivity index (χ3v) is 16.6. The van der Waals surface area contributed by atoms with E-state index >= 15 is 0 Å². The molecule has 5 heteroatoms. The largest absolute Gasteiger partial charge is 0.376 e. The summed E-state index contributed by atoms with van der Waals surface area (Å²) in [5, 5.41) is 8.04. The Labute approximate surface area is 357 Å². The van der Waals surface area contributed by atoms with Crippen LogP contribution in [0.1, 0.15) is 51.3 Å². The van der Waals surface area contributed by atoms with Crippen molar-refractivity contribution in [1.82, 2.24) is 4.57 Å². The number of nitrogens with zero attached hydrogens (tertiary/aromatic N) is 2. The van der Waals surface area contributed by atoms with E-state index in [4.69, 9.17) is 0 Å². The molecule has 11 aromatic rings. The summed E-state index contributed by atoms with van der Waals surface area (Å²) in [7, 11) is 0. The summed E-state index contributed by atoms with van der Waals surface area (Å²) in [6.07, 6.45) is 0. The smallest absolute Gasteiger partial charge is 0.333 e. The number of anilines is 2. The van der Waals surface area contributed by atoms with Crippen molar-refractivity contribution in [3.63, 3.8) is 0 Å². The van der Waals surface area contributed by atoms with Gasteiger partial charge < -0.3 is 9.38 Å². The Hall–Kier alpha value is -6.14. The van der Waals surface area contributed by atoms with E-state index in [2.05, 4.69) is 190 Å². The zero-order valence-corrected chi connectivity index (χ0v) is 35.8. The van der Waals surface area contributed by atoms with Crippen LogP contribution >= 0.6 is 22.7 Å². The maximum absolute atomic E-state index is 2.71. The number of aromatic nitrogens is 1. The van der Waals surface area contributed by atoms with Crippen molar-refractivity contribution in [2.75, 3.05) is 4.81 Å².